The highest BCUT2D eigenvalue weighted by Crippen LogP contribution is 2.42. The molecule has 27 heavy (non-hydrogen) atoms. The highest BCUT2D eigenvalue weighted by atomic mass is 16.7. The van der Waals surface area contributed by atoms with E-state index < -0.39 is 0 Å². The Morgan fingerprint density at radius 1 is 1.15 bits per heavy atom. The number of hydrogen-bond acceptors (Lipinski definition) is 6. The Morgan fingerprint density at radius 2 is 1.93 bits per heavy atom. The van der Waals surface area contributed by atoms with Gasteiger partial charge in [0.1, 0.15) is 5.75 Å². The Morgan fingerprint density at radius 3 is 2.63 bits per heavy atom. The molecule has 6 heteroatoms. The van der Waals surface area contributed by atoms with E-state index in [1.165, 1.54) is 0 Å². The number of benzene rings is 1. The summed E-state index contributed by atoms with van der Waals surface area (Å²) in [5, 5.41) is 1.76. The number of carbonyl (C=O) groups is 1. The first kappa shape index (κ1) is 18.2. The van der Waals surface area contributed by atoms with Crippen molar-refractivity contribution in [3.8, 4) is 11.6 Å². The van der Waals surface area contributed by atoms with Gasteiger partial charge in [-0.05, 0) is 55.7 Å². The molecule has 0 saturated carbocycles. The van der Waals surface area contributed by atoms with Crippen LogP contribution in [0, 0.1) is 12.8 Å². The van der Waals surface area contributed by atoms with Crippen molar-refractivity contribution in [2.75, 3.05) is 27.4 Å². The summed E-state index contributed by atoms with van der Waals surface area (Å²) in [6, 6.07) is 4.09. The number of aryl methyl sites for hydroxylation is 2. The summed E-state index contributed by atoms with van der Waals surface area (Å²) >= 11 is 0. The third kappa shape index (κ3) is 3.28. The Labute approximate surface area is 158 Å². The fourth-order valence-electron chi connectivity index (χ4n) is 4.21. The van der Waals surface area contributed by atoms with Crippen molar-refractivity contribution in [3.63, 3.8) is 0 Å². The van der Waals surface area contributed by atoms with Gasteiger partial charge in [-0.3, -0.25) is 4.79 Å². The van der Waals surface area contributed by atoms with Crippen LogP contribution in [0.1, 0.15) is 40.9 Å². The molecule has 0 N–H and O–H groups in total. The number of carbonyl (C=O) groups excluding carboxylic acids is 1. The smallest absolute Gasteiger partial charge is 0.225 e. The Bertz CT molecular complexity index is 873. The highest BCUT2D eigenvalue weighted by Gasteiger charge is 2.33. The highest BCUT2D eigenvalue weighted by molar-refractivity contribution is 6.09. The van der Waals surface area contributed by atoms with Crippen LogP contribution < -0.4 is 9.47 Å². The molecule has 1 aliphatic carbocycles. The molecule has 0 bridgehead atoms. The number of methoxy groups -OCH3 is 2. The lowest BCUT2D eigenvalue weighted by Gasteiger charge is -2.26. The van der Waals surface area contributed by atoms with E-state index >= 15 is 0 Å². The van der Waals surface area contributed by atoms with Gasteiger partial charge in [0, 0.05) is 11.6 Å². The predicted molar refractivity (Wildman–Crippen MR) is 101 cm³/mol. The van der Waals surface area contributed by atoms with Crippen LogP contribution in [0.5, 0.6) is 11.6 Å². The van der Waals surface area contributed by atoms with Crippen molar-refractivity contribution in [2.45, 2.75) is 38.9 Å². The maximum Gasteiger partial charge on any atom is 0.225 e. The first-order valence-electron chi connectivity index (χ1n) is 9.45. The molecule has 2 aromatic rings. The van der Waals surface area contributed by atoms with E-state index in [0.717, 1.165) is 47.7 Å². The van der Waals surface area contributed by atoms with E-state index in [4.69, 9.17) is 18.9 Å². The number of pyridine rings is 1. The van der Waals surface area contributed by atoms with Gasteiger partial charge < -0.3 is 18.9 Å². The molecule has 0 radical (unpaired) electrons. The van der Waals surface area contributed by atoms with Crippen molar-refractivity contribution in [1.82, 2.24) is 4.98 Å². The van der Waals surface area contributed by atoms with Gasteiger partial charge in [-0.25, -0.2) is 4.98 Å². The molecule has 2 aliphatic rings. The van der Waals surface area contributed by atoms with Crippen molar-refractivity contribution >= 4 is 16.6 Å². The number of ether oxygens (including phenoxy) is 4. The summed E-state index contributed by atoms with van der Waals surface area (Å²) in [7, 11) is 3.19. The molecule has 1 aliphatic heterocycles. The van der Waals surface area contributed by atoms with Gasteiger partial charge in [0.2, 0.25) is 5.88 Å². The van der Waals surface area contributed by atoms with Crippen LogP contribution in [0.25, 0.3) is 10.8 Å². The van der Waals surface area contributed by atoms with Gasteiger partial charge in [0.15, 0.2) is 12.1 Å². The summed E-state index contributed by atoms with van der Waals surface area (Å²) in [4.78, 5) is 17.8. The van der Waals surface area contributed by atoms with Crippen LogP contribution in [0.4, 0.5) is 0 Å². The van der Waals surface area contributed by atoms with Crippen molar-refractivity contribution in [1.29, 1.82) is 0 Å². The minimum absolute atomic E-state index is 0.0407. The normalized spacial score (nSPS) is 20.1. The van der Waals surface area contributed by atoms with Crippen LogP contribution in [-0.4, -0.2) is 44.5 Å². The van der Waals surface area contributed by atoms with E-state index in [9.17, 15) is 4.79 Å². The van der Waals surface area contributed by atoms with Crippen LogP contribution in [-0.2, 0) is 15.9 Å². The van der Waals surface area contributed by atoms with E-state index in [-0.39, 0.29) is 18.0 Å². The fraction of sp³-hybridized carbons (Fsp3) is 0.524. The summed E-state index contributed by atoms with van der Waals surface area (Å²) in [6.07, 6.45) is 3.02. The summed E-state index contributed by atoms with van der Waals surface area (Å²) in [5.74, 6) is 1.17. The number of rotatable bonds is 5. The molecule has 1 unspecified atom stereocenters. The van der Waals surface area contributed by atoms with Gasteiger partial charge in [-0.15, -0.1) is 0 Å². The van der Waals surface area contributed by atoms with Gasteiger partial charge in [0.25, 0.3) is 0 Å². The lowest BCUT2D eigenvalue weighted by atomic mass is 9.79. The summed E-state index contributed by atoms with van der Waals surface area (Å²) < 4.78 is 22.2. The first-order chi connectivity index (χ1) is 13.1. The second-order valence-corrected chi connectivity index (χ2v) is 7.16. The monoisotopic (exact) mass is 371 g/mol. The molecule has 6 nitrogen and oxygen atoms in total. The van der Waals surface area contributed by atoms with Gasteiger partial charge in [-0.1, -0.05) is 0 Å². The van der Waals surface area contributed by atoms with Gasteiger partial charge in [0.05, 0.1) is 38.4 Å². The van der Waals surface area contributed by atoms with E-state index in [0.29, 0.717) is 30.4 Å². The molecular weight excluding hydrogens is 346 g/mol. The first-order valence-corrected chi connectivity index (χ1v) is 9.45. The zero-order valence-corrected chi connectivity index (χ0v) is 16.0. The molecule has 144 valence electrons. The van der Waals surface area contributed by atoms with Crippen molar-refractivity contribution < 1.29 is 23.7 Å². The zero-order chi connectivity index (χ0) is 19.0. The minimum Gasteiger partial charge on any atom is -0.495 e. The lowest BCUT2D eigenvalue weighted by Crippen LogP contribution is -2.25. The molecule has 0 amide bonds. The number of fused-ring (bicyclic) bond motifs is 2. The number of Topliss-reactive ketones (excluding diaryl/α,β-unsaturated/α-hetero) is 1. The molecule has 1 aromatic heterocycles. The third-order valence-electron chi connectivity index (χ3n) is 5.47. The molecular formula is C21H25NO5. The number of nitrogens with zero attached hydrogens (tertiary/aromatic N) is 1. The van der Waals surface area contributed by atoms with E-state index in [2.05, 4.69) is 11.1 Å². The van der Waals surface area contributed by atoms with E-state index in [1.807, 2.05) is 13.0 Å². The van der Waals surface area contributed by atoms with Crippen LogP contribution in [0.2, 0.25) is 0 Å². The maximum absolute atomic E-state index is 13.3. The second-order valence-electron chi connectivity index (χ2n) is 7.16. The standard InChI is InChI=1S/C21H25NO5/c1-12-10-15-11-14-5-4-13(6-7-16-26-8-9-27-16)19(23)17(14)20(24-2)18(15)21(22-12)25-3/h10-11,13,16H,4-9H2,1-3H3. The van der Waals surface area contributed by atoms with Crippen LogP contribution in [0.15, 0.2) is 12.1 Å². The SMILES string of the molecule is COc1nc(C)cc2cc3c(c(OC)c12)C(=O)C(CCC1OCCO1)CC3. The Kier molecular flexibility index (Phi) is 5.02. The van der Waals surface area contributed by atoms with Gasteiger partial charge >= 0.3 is 0 Å². The average Bonchev–Trinajstić information content (AvgIpc) is 3.18. The lowest BCUT2D eigenvalue weighted by molar-refractivity contribution is -0.0496. The Hall–Kier alpha value is -2.18. The predicted octanol–water partition coefficient (Wildman–Crippen LogP) is 3.46. The topological polar surface area (TPSA) is 66.9 Å². The maximum atomic E-state index is 13.3. The quantitative estimate of drug-likeness (QED) is 0.802. The number of aromatic nitrogens is 1. The second kappa shape index (κ2) is 7.44. The zero-order valence-electron chi connectivity index (χ0n) is 16.0. The van der Waals surface area contributed by atoms with E-state index in [1.54, 1.807) is 14.2 Å². The third-order valence-corrected chi connectivity index (χ3v) is 5.47. The van der Waals surface area contributed by atoms with Crippen molar-refractivity contribution in [3.05, 3.63) is 29.0 Å². The molecule has 1 saturated heterocycles. The minimum atomic E-state index is -0.176. The van der Waals surface area contributed by atoms with Gasteiger partial charge in [-0.2, -0.15) is 0 Å². The van der Waals surface area contributed by atoms with Crippen LogP contribution in [0.3, 0.4) is 0 Å². The molecule has 1 atom stereocenters. The average molecular weight is 371 g/mol. The molecule has 4 rings (SSSR count). The van der Waals surface area contributed by atoms with Crippen molar-refractivity contribution in [2.24, 2.45) is 5.92 Å². The number of ketones is 1. The Balaban J connectivity index is 1.72. The number of hydrogen-bond donors (Lipinski definition) is 0. The molecule has 0 spiro atoms. The summed E-state index contributed by atoms with van der Waals surface area (Å²) in [6.45, 7) is 3.21. The fourth-order valence-corrected chi connectivity index (χ4v) is 4.21. The van der Waals surface area contributed by atoms with Crippen LogP contribution >= 0.6 is 0 Å². The molecule has 1 aromatic carbocycles. The summed E-state index contributed by atoms with van der Waals surface area (Å²) in [5.41, 5.74) is 2.60. The molecule has 1 fully saturated rings. The largest absolute Gasteiger partial charge is 0.495 e. The molecule has 2 heterocycles.